The van der Waals surface area contributed by atoms with Crippen LogP contribution >= 0.6 is 23.2 Å². The highest BCUT2D eigenvalue weighted by molar-refractivity contribution is 7.92. The minimum Gasteiger partial charge on any atom is -0.480 e. The Morgan fingerprint density at radius 3 is 2.54 bits per heavy atom. The number of aromatic nitrogens is 1. The van der Waals surface area contributed by atoms with E-state index in [0.29, 0.717) is 21.6 Å². The Morgan fingerprint density at radius 1 is 1.19 bits per heavy atom. The Bertz CT molecular complexity index is 1120. The number of nitrogens with zero attached hydrogens (tertiary/aromatic N) is 1. The van der Waals surface area contributed by atoms with E-state index in [1.807, 2.05) is 0 Å². The Kier molecular flexibility index (Phi) is 4.88. The first-order valence-electron chi connectivity index (χ1n) is 7.48. The molecule has 0 aliphatic rings. The molecule has 1 heterocycles. The second-order valence-corrected chi connectivity index (χ2v) is 8.13. The van der Waals surface area contributed by atoms with Crippen molar-refractivity contribution in [2.75, 3.05) is 4.72 Å². The third-order valence-electron chi connectivity index (χ3n) is 3.94. The summed E-state index contributed by atoms with van der Waals surface area (Å²) in [5.41, 5.74) is 1.29. The number of halogens is 2. The van der Waals surface area contributed by atoms with Gasteiger partial charge in [-0.2, -0.15) is 0 Å². The molecular formula is C17H14Cl2N2O4S. The fourth-order valence-electron chi connectivity index (χ4n) is 2.77. The van der Waals surface area contributed by atoms with Gasteiger partial charge in [0, 0.05) is 16.1 Å². The molecule has 6 nitrogen and oxygen atoms in total. The lowest BCUT2D eigenvalue weighted by Gasteiger charge is -2.10. The summed E-state index contributed by atoms with van der Waals surface area (Å²) < 4.78 is 29.6. The van der Waals surface area contributed by atoms with Gasteiger partial charge in [0.15, 0.2) is 0 Å². The minimum absolute atomic E-state index is 0.0674. The van der Waals surface area contributed by atoms with Crippen LogP contribution in [0.4, 0.5) is 5.69 Å². The number of hydrogen-bond donors (Lipinski definition) is 2. The quantitative estimate of drug-likeness (QED) is 0.658. The predicted octanol–water partition coefficient (Wildman–Crippen LogP) is 4.14. The normalized spacial score (nSPS) is 11.7. The van der Waals surface area contributed by atoms with Crippen molar-refractivity contribution in [3.8, 4) is 0 Å². The molecule has 3 aromatic rings. The van der Waals surface area contributed by atoms with Crippen molar-refractivity contribution in [3.05, 3.63) is 58.2 Å². The number of sulfonamides is 1. The van der Waals surface area contributed by atoms with Crippen molar-refractivity contribution in [2.24, 2.45) is 0 Å². The van der Waals surface area contributed by atoms with E-state index in [0.717, 1.165) is 0 Å². The highest BCUT2D eigenvalue weighted by Crippen LogP contribution is 2.35. The van der Waals surface area contributed by atoms with Gasteiger partial charge in [0.25, 0.3) is 10.0 Å². The van der Waals surface area contributed by atoms with E-state index < -0.39 is 16.0 Å². The average molecular weight is 413 g/mol. The van der Waals surface area contributed by atoms with Gasteiger partial charge in [-0.15, -0.1) is 0 Å². The zero-order chi connectivity index (χ0) is 19.1. The molecule has 2 N–H and O–H groups in total. The molecule has 0 saturated heterocycles. The lowest BCUT2D eigenvalue weighted by molar-refractivity contribution is -0.137. The maximum Gasteiger partial charge on any atom is 0.323 e. The molecule has 3 rings (SSSR count). The van der Waals surface area contributed by atoms with Crippen LogP contribution in [-0.2, 0) is 21.4 Å². The van der Waals surface area contributed by atoms with Crippen LogP contribution in [0.1, 0.15) is 5.69 Å². The second-order valence-electron chi connectivity index (χ2n) is 5.64. The molecule has 0 amide bonds. The van der Waals surface area contributed by atoms with Crippen molar-refractivity contribution in [1.82, 2.24) is 4.57 Å². The molecule has 0 aliphatic heterocycles. The number of hydrogen-bond acceptors (Lipinski definition) is 3. The van der Waals surface area contributed by atoms with Crippen LogP contribution in [0.3, 0.4) is 0 Å². The van der Waals surface area contributed by atoms with Crippen LogP contribution in [0.15, 0.2) is 47.4 Å². The number of anilines is 1. The van der Waals surface area contributed by atoms with Crippen molar-refractivity contribution in [2.45, 2.75) is 18.4 Å². The molecule has 0 radical (unpaired) electrons. The summed E-state index contributed by atoms with van der Waals surface area (Å²) in [7, 11) is -3.97. The number of aliphatic carboxylic acids is 1. The largest absolute Gasteiger partial charge is 0.480 e. The smallest absolute Gasteiger partial charge is 0.323 e. The Hall–Kier alpha value is -2.22. The highest BCUT2D eigenvalue weighted by Gasteiger charge is 2.23. The maximum absolute atomic E-state index is 12.8. The van der Waals surface area contributed by atoms with Crippen molar-refractivity contribution in [3.63, 3.8) is 0 Å². The first-order valence-corrected chi connectivity index (χ1v) is 9.72. The van der Waals surface area contributed by atoms with Crippen LogP contribution in [0, 0.1) is 6.92 Å². The number of rotatable bonds is 5. The van der Waals surface area contributed by atoms with Crippen LogP contribution in [0.5, 0.6) is 0 Å². The molecule has 0 aliphatic carbocycles. The number of nitrogens with one attached hydrogen (secondary N) is 1. The summed E-state index contributed by atoms with van der Waals surface area (Å²) >= 11 is 12.1. The van der Waals surface area contributed by atoms with E-state index in [1.54, 1.807) is 37.3 Å². The Labute approximate surface area is 160 Å². The van der Waals surface area contributed by atoms with Crippen molar-refractivity contribution < 1.29 is 18.3 Å². The van der Waals surface area contributed by atoms with E-state index in [-0.39, 0.29) is 22.2 Å². The second kappa shape index (κ2) is 6.83. The molecule has 0 saturated carbocycles. The van der Waals surface area contributed by atoms with Gasteiger partial charge in [0.1, 0.15) is 11.4 Å². The fraction of sp³-hybridized carbons (Fsp3) is 0.118. The maximum atomic E-state index is 12.8. The van der Waals surface area contributed by atoms with E-state index in [9.17, 15) is 13.2 Å². The SMILES string of the molecule is Cc1c(NS(=O)(=O)c2ccccc2Cl)c2cc(Cl)ccc2n1CC(=O)O. The third kappa shape index (κ3) is 3.38. The standard InChI is InChI=1S/C17H14Cl2N2O4S/c1-10-17(20-26(24,25)15-5-3-2-4-13(15)19)12-8-11(18)6-7-14(12)21(10)9-16(22)23/h2-8,20H,9H2,1H3,(H,22,23). The summed E-state index contributed by atoms with van der Waals surface area (Å²) in [5, 5.41) is 10.2. The topological polar surface area (TPSA) is 88.4 Å². The van der Waals surface area contributed by atoms with Crippen LogP contribution in [0.2, 0.25) is 10.0 Å². The van der Waals surface area contributed by atoms with E-state index in [4.69, 9.17) is 28.3 Å². The lowest BCUT2D eigenvalue weighted by atomic mass is 10.2. The van der Waals surface area contributed by atoms with Gasteiger partial charge in [0.05, 0.1) is 16.2 Å². The molecule has 0 fully saturated rings. The molecule has 0 unspecified atom stereocenters. The number of fused-ring (bicyclic) bond motifs is 1. The summed E-state index contributed by atoms with van der Waals surface area (Å²) in [4.78, 5) is 11.1. The van der Waals surface area contributed by atoms with Gasteiger partial charge < -0.3 is 9.67 Å². The van der Waals surface area contributed by atoms with Crippen LogP contribution in [-0.4, -0.2) is 24.1 Å². The highest BCUT2D eigenvalue weighted by atomic mass is 35.5. The molecule has 2 aromatic carbocycles. The summed E-state index contributed by atoms with van der Waals surface area (Å²) in [6.45, 7) is 1.33. The Morgan fingerprint density at radius 2 is 1.88 bits per heavy atom. The monoisotopic (exact) mass is 412 g/mol. The van der Waals surface area contributed by atoms with Gasteiger partial charge in [0.2, 0.25) is 0 Å². The fourth-order valence-corrected chi connectivity index (χ4v) is 4.61. The van der Waals surface area contributed by atoms with E-state index in [1.165, 1.54) is 16.7 Å². The van der Waals surface area contributed by atoms with Gasteiger partial charge in [-0.3, -0.25) is 9.52 Å². The first-order chi connectivity index (χ1) is 12.2. The molecule has 0 bridgehead atoms. The molecular weight excluding hydrogens is 399 g/mol. The summed E-state index contributed by atoms with van der Waals surface area (Å²) in [6.07, 6.45) is 0. The lowest BCUT2D eigenvalue weighted by Crippen LogP contribution is -2.15. The molecule has 136 valence electrons. The minimum atomic E-state index is -3.97. The zero-order valence-electron chi connectivity index (χ0n) is 13.5. The molecule has 26 heavy (non-hydrogen) atoms. The molecule has 9 heteroatoms. The van der Waals surface area contributed by atoms with Gasteiger partial charge in [-0.05, 0) is 37.3 Å². The summed E-state index contributed by atoms with van der Waals surface area (Å²) in [5.74, 6) is -1.04. The van der Waals surface area contributed by atoms with Crippen LogP contribution in [0.25, 0.3) is 10.9 Å². The number of carbonyl (C=O) groups is 1. The molecule has 0 atom stereocenters. The average Bonchev–Trinajstić information content (AvgIpc) is 2.79. The summed E-state index contributed by atoms with van der Waals surface area (Å²) in [6, 6.07) is 10.9. The number of carboxylic acids is 1. The first kappa shape index (κ1) is 18.6. The van der Waals surface area contributed by atoms with Crippen molar-refractivity contribution in [1.29, 1.82) is 0 Å². The number of carboxylic acid groups (broad SMARTS) is 1. The third-order valence-corrected chi connectivity index (χ3v) is 6.03. The van der Waals surface area contributed by atoms with E-state index >= 15 is 0 Å². The molecule has 1 aromatic heterocycles. The Balaban J connectivity index is 2.19. The van der Waals surface area contributed by atoms with Gasteiger partial charge in [-0.25, -0.2) is 8.42 Å². The van der Waals surface area contributed by atoms with Crippen molar-refractivity contribution >= 4 is 55.8 Å². The van der Waals surface area contributed by atoms with Gasteiger partial charge >= 0.3 is 5.97 Å². The number of benzene rings is 2. The predicted molar refractivity (Wildman–Crippen MR) is 102 cm³/mol. The molecule has 0 spiro atoms. The van der Waals surface area contributed by atoms with E-state index in [2.05, 4.69) is 4.72 Å². The van der Waals surface area contributed by atoms with Crippen LogP contribution < -0.4 is 4.72 Å². The van der Waals surface area contributed by atoms with Gasteiger partial charge in [-0.1, -0.05) is 35.3 Å². The zero-order valence-corrected chi connectivity index (χ0v) is 15.9.